The first-order valence-electron chi connectivity index (χ1n) is 10.3. The van der Waals surface area contributed by atoms with E-state index >= 15 is 0 Å². The second-order valence-electron chi connectivity index (χ2n) is 8.03. The largest absolute Gasteiger partial charge is 0.434 e. The zero-order valence-corrected chi connectivity index (χ0v) is 19.3. The molecule has 1 saturated heterocycles. The van der Waals surface area contributed by atoms with Gasteiger partial charge in [-0.15, -0.1) is 5.10 Å². The SMILES string of the molecule is CNC(=O)C1CCN(S(=O)(=O)N[C@H](c2n[nH]c(=O)o2)[C@H](C)c2c(F)ccc(C)c2C)CC1. The van der Waals surface area contributed by atoms with Crippen LogP contribution in [-0.4, -0.2) is 49.0 Å². The first kappa shape index (κ1) is 24.1. The van der Waals surface area contributed by atoms with Crippen molar-refractivity contribution in [1.82, 2.24) is 24.5 Å². The molecule has 3 N–H and O–H groups in total. The molecule has 1 aliphatic rings. The number of hydrogen-bond donors (Lipinski definition) is 3. The van der Waals surface area contributed by atoms with E-state index < -0.39 is 33.7 Å². The summed E-state index contributed by atoms with van der Waals surface area (Å²) in [4.78, 5) is 23.4. The molecule has 0 bridgehead atoms. The van der Waals surface area contributed by atoms with Crippen molar-refractivity contribution in [2.45, 2.75) is 45.6 Å². The van der Waals surface area contributed by atoms with Gasteiger partial charge in [-0.25, -0.2) is 14.3 Å². The fraction of sp³-hybridized carbons (Fsp3) is 0.550. The first-order valence-corrected chi connectivity index (χ1v) is 11.8. The van der Waals surface area contributed by atoms with Gasteiger partial charge in [-0.2, -0.15) is 17.4 Å². The molecule has 2 atom stereocenters. The maximum Gasteiger partial charge on any atom is 0.434 e. The number of aryl methyl sites for hydroxylation is 1. The van der Waals surface area contributed by atoms with E-state index in [1.165, 1.54) is 10.4 Å². The summed E-state index contributed by atoms with van der Waals surface area (Å²) in [6.45, 7) is 5.52. The Bertz CT molecular complexity index is 1140. The van der Waals surface area contributed by atoms with Crippen molar-refractivity contribution in [2.75, 3.05) is 20.1 Å². The number of aromatic amines is 1. The highest BCUT2D eigenvalue weighted by Gasteiger charge is 2.37. The van der Waals surface area contributed by atoms with Crippen molar-refractivity contribution >= 4 is 16.1 Å². The van der Waals surface area contributed by atoms with Crippen molar-refractivity contribution in [3.05, 3.63) is 51.1 Å². The summed E-state index contributed by atoms with van der Waals surface area (Å²) in [6.07, 6.45) is 0.758. The molecule has 32 heavy (non-hydrogen) atoms. The van der Waals surface area contributed by atoms with E-state index in [0.29, 0.717) is 24.0 Å². The van der Waals surface area contributed by atoms with Crippen LogP contribution in [0.3, 0.4) is 0 Å². The molecular weight excluding hydrogens is 441 g/mol. The Morgan fingerprint density at radius 1 is 1.31 bits per heavy atom. The van der Waals surface area contributed by atoms with Gasteiger partial charge in [-0.1, -0.05) is 13.0 Å². The lowest BCUT2D eigenvalue weighted by Gasteiger charge is -2.32. The number of carbonyl (C=O) groups excluding carboxylic acids is 1. The number of benzene rings is 1. The third-order valence-electron chi connectivity index (χ3n) is 6.10. The molecule has 2 aromatic rings. The van der Waals surface area contributed by atoms with Crippen LogP contribution < -0.4 is 15.8 Å². The van der Waals surface area contributed by atoms with Crippen LogP contribution in [0.4, 0.5) is 4.39 Å². The summed E-state index contributed by atoms with van der Waals surface area (Å²) < 4.78 is 49.9. The average molecular weight is 470 g/mol. The van der Waals surface area contributed by atoms with Crippen LogP contribution in [0.25, 0.3) is 0 Å². The smallest absolute Gasteiger partial charge is 0.391 e. The maximum atomic E-state index is 14.8. The van der Waals surface area contributed by atoms with Crippen LogP contribution in [0, 0.1) is 25.6 Å². The number of rotatable bonds is 7. The van der Waals surface area contributed by atoms with Crippen LogP contribution in [-0.2, 0) is 15.0 Å². The van der Waals surface area contributed by atoms with Crippen molar-refractivity contribution in [2.24, 2.45) is 5.92 Å². The van der Waals surface area contributed by atoms with E-state index in [1.807, 2.05) is 6.92 Å². The molecule has 1 amide bonds. The Hall–Kier alpha value is -2.57. The number of H-pyrrole nitrogens is 1. The number of hydrogen-bond acceptors (Lipinski definition) is 6. The summed E-state index contributed by atoms with van der Waals surface area (Å²) in [6, 6.07) is 1.83. The Morgan fingerprint density at radius 2 is 1.97 bits per heavy atom. The van der Waals surface area contributed by atoms with Gasteiger partial charge in [0, 0.05) is 32.0 Å². The lowest BCUT2D eigenvalue weighted by molar-refractivity contribution is -0.125. The molecule has 0 saturated carbocycles. The molecule has 1 aliphatic heterocycles. The van der Waals surface area contributed by atoms with E-state index in [0.717, 1.165) is 5.56 Å². The fourth-order valence-corrected chi connectivity index (χ4v) is 5.53. The Balaban J connectivity index is 1.90. The van der Waals surface area contributed by atoms with Gasteiger partial charge in [0.2, 0.25) is 11.8 Å². The fourth-order valence-electron chi connectivity index (χ4n) is 4.07. The third-order valence-corrected chi connectivity index (χ3v) is 7.69. The number of amides is 1. The van der Waals surface area contributed by atoms with Gasteiger partial charge < -0.3 is 9.73 Å². The maximum absolute atomic E-state index is 14.8. The molecular formula is C20H28FN5O5S. The number of aromatic nitrogens is 2. The summed E-state index contributed by atoms with van der Waals surface area (Å²) in [7, 11) is -2.51. The summed E-state index contributed by atoms with van der Waals surface area (Å²) in [5.74, 6) is -2.63. The minimum Gasteiger partial charge on any atom is -0.391 e. The molecule has 176 valence electrons. The van der Waals surface area contributed by atoms with Gasteiger partial charge in [-0.05, 0) is 49.4 Å². The van der Waals surface area contributed by atoms with Crippen LogP contribution >= 0.6 is 0 Å². The quantitative estimate of drug-likeness (QED) is 0.558. The number of piperidine rings is 1. The van der Waals surface area contributed by atoms with Crippen LogP contribution in [0.5, 0.6) is 0 Å². The Morgan fingerprint density at radius 3 is 2.53 bits per heavy atom. The molecule has 1 fully saturated rings. The van der Waals surface area contributed by atoms with E-state index in [2.05, 4.69) is 20.2 Å². The number of carbonyl (C=O) groups is 1. The van der Waals surface area contributed by atoms with Gasteiger partial charge in [-0.3, -0.25) is 4.79 Å². The van der Waals surface area contributed by atoms with Gasteiger partial charge in [0.1, 0.15) is 11.9 Å². The normalized spacial score (nSPS) is 17.8. The minimum absolute atomic E-state index is 0.120. The second-order valence-corrected chi connectivity index (χ2v) is 9.73. The Labute approximate surface area is 185 Å². The topological polar surface area (TPSA) is 137 Å². The van der Waals surface area contributed by atoms with E-state index in [-0.39, 0.29) is 30.8 Å². The summed E-state index contributed by atoms with van der Waals surface area (Å²) in [5, 5.41) is 8.50. The van der Waals surface area contributed by atoms with Gasteiger partial charge >= 0.3 is 5.76 Å². The van der Waals surface area contributed by atoms with Crippen molar-refractivity contribution < 1.29 is 22.0 Å². The van der Waals surface area contributed by atoms with E-state index in [1.54, 1.807) is 27.0 Å². The van der Waals surface area contributed by atoms with Crippen LogP contribution in [0.2, 0.25) is 0 Å². The minimum atomic E-state index is -4.05. The van der Waals surface area contributed by atoms with Crippen LogP contribution in [0.15, 0.2) is 21.3 Å². The lowest BCUT2D eigenvalue weighted by Crippen LogP contribution is -2.48. The Kier molecular flexibility index (Phi) is 7.16. The molecule has 0 spiro atoms. The molecule has 2 heterocycles. The van der Waals surface area contributed by atoms with Crippen LogP contribution in [0.1, 0.15) is 54.3 Å². The molecule has 0 aliphatic carbocycles. The van der Waals surface area contributed by atoms with E-state index in [9.17, 15) is 22.4 Å². The lowest BCUT2D eigenvalue weighted by atomic mass is 9.88. The molecule has 1 aromatic heterocycles. The third kappa shape index (κ3) is 4.92. The highest BCUT2D eigenvalue weighted by atomic mass is 32.2. The number of halogens is 1. The molecule has 0 radical (unpaired) electrons. The molecule has 12 heteroatoms. The van der Waals surface area contributed by atoms with Crippen molar-refractivity contribution in [1.29, 1.82) is 0 Å². The molecule has 3 rings (SSSR count). The molecule has 0 unspecified atom stereocenters. The van der Waals surface area contributed by atoms with Gasteiger partial charge in [0.05, 0.1) is 0 Å². The summed E-state index contributed by atoms with van der Waals surface area (Å²) in [5.41, 5.74) is 1.82. The monoisotopic (exact) mass is 469 g/mol. The van der Waals surface area contributed by atoms with Crippen molar-refractivity contribution in [3.8, 4) is 0 Å². The predicted molar refractivity (Wildman–Crippen MR) is 115 cm³/mol. The van der Waals surface area contributed by atoms with Gasteiger partial charge in [0.15, 0.2) is 0 Å². The highest BCUT2D eigenvalue weighted by molar-refractivity contribution is 7.87. The second kappa shape index (κ2) is 9.51. The zero-order chi connectivity index (χ0) is 23.6. The zero-order valence-electron chi connectivity index (χ0n) is 18.4. The number of nitrogens with zero attached hydrogens (tertiary/aromatic N) is 2. The number of nitrogens with one attached hydrogen (secondary N) is 3. The van der Waals surface area contributed by atoms with Gasteiger partial charge in [0.25, 0.3) is 10.2 Å². The highest BCUT2D eigenvalue weighted by Crippen LogP contribution is 2.35. The predicted octanol–water partition coefficient (Wildman–Crippen LogP) is 1.26. The van der Waals surface area contributed by atoms with E-state index in [4.69, 9.17) is 4.42 Å². The molecule has 1 aromatic carbocycles. The average Bonchev–Trinajstić information content (AvgIpc) is 3.20. The first-order chi connectivity index (χ1) is 15.0. The molecule has 10 nitrogen and oxygen atoms in total. The standard InChI is InChI=1S/C20H28FN5O5S/c1-11-5-6-15(21)16(12(11)2)13(3)17(19-23-24-20(28)31-19)25-32(29,30)26-9-7-14(8-10-26)18(27)22-4/h5-6,13-14,17,25H,7-10H2,1-4H3,(H,22,27)(H,24,28)/t13-,17+/m1/s1. The summed E-state index contributed by atoms with van der Waals surface area (Å²) >= 11 is 0. The van der Waals surface area contributed by atoms with Crippen molar-refractivity contribution in [3.63, 3.8) is 0 Å².